The third-order valence-corrected chi connectivity index (χ3v) is 3.60. The van der Waals surface area contributed by atoms with Crippen LogP contribution in [0.4, 0.5) is 27.6 Å². The van der Waals surface area contributed by atoms with Gasteiger partial charge in [0.1, 0.15) is 11.6 Å². The van der Waals surface area contributed by atoms with Gasteiger partial charge in [-0.2, -0.15) is 13.2 Å². The highest BCUT2D eigenvalue weighted by molar-refractivity contribution is 5.99. The number of hydrogen-bond donors (Lipinski definition) is 2. The molecule has 0 aliphatic carbocycles. The first-order chi connectivity index (χ1) is 13.1. The second-order valence-corrected chi connectivity index (χ2v) is 5.54. The van der Waals surface area contributed by atoms with Gasteiger partial charge in [-0.15, -0.1) is 0 Å². The van der Waals surface area contributed by atoms with Crippen LogP contribution in [0.1, 0.15) is 17.3 Å². The SMILES string of the molecule is CCOC(=O)C(NC(=O)c1ccccc1)(Nc1ccc(F)cc1F)C(F)(F)F. The molecule has 0 saturated carbocycles. The molecule has 0 heterocycles. The van der Waals surface area contributed by atoms with Gasteiger partial charge in [0.05, 0.1) is 12.3 Å². The zero-order chi connectivity index (χ0) is 20.9. The summed E-state index contributed by atoms with van der Waals surface area (Å²) >= 11 is 0. The lowest BCUT2D eigenvalue weighted by Gasteiger charge is -2.35. The summed E-state index contributed by atoms with van der Waals surface area (Å²) in [5.41, 5.74) is -4.85. The molecule has 150 valence electrons. The minimum Gasteiger partial charge on any atom is -0.463 e. The molecule has 5 nitrogen and oxygen atoms in total. The molecule has 0 spiro atoms. The zero-order valence-corrected chi connectivity index (χ0v) is 14.4. The van der Waals surface area contributed by atoms with Crippen molar-refractivity contribution in [1.82, 2.24) is 5.32 Å². The van der Waals surface area contributed by atoms with E-state index >= 15 is 0 Å². The number of alkyl halides is 3. The summed E-state index contributed by atoms with van der Waals surface area (Å²) in [5.74, 6) is -5.60. The van der Waals surface area contributed by atoms with Gasteiger partial charge in [0.15, 0.2) is 0 Å². The van der Waals surface area contributed by atoms with E-state index < -0.39 is 47.6 Å². The fourth-order valence-electron chi connectivity index (χ4n) is 2.25. The second-order valence-electron chi connectivity index (χ2n) is 5.54. The van der Waals surface area contributed by atoms with Crippen LogP contribution < -0.4 is 10.6 Å². The number of anilines is 1. The topological polar surface area (TPSA) is 67.4 Å². The number of ether oxygens (including phenoxy) is 1. The molecular weight excluding hydrogens is 387 g/mol. The Labute approximate surface area is 156 Å². The van der Waals surface area contributed by atoms with E-state index in [2.05, 4.69) is 4.74 Å². The Bertz CT molecular complexity index is 858. The fourth-order valence-corrected chi connectivity index (χ4v) is 2.25. The minimum atomic E-state index is -5.44. The maximum Gasteiger partial charge on any atom is 0.441 e. The summed E-state index contributed by atoms with van der Waals surface area (Å²) in [5, 5.41) is 3.19. The van der Waals surface area contributed by atoms with Gasteiger partial charge in [-0.1, -0.05) is 18.2 Å². The van der Waals surface area contributed by atoms with E-state index in [1.165, 1.54) is 37.3 Å². The normalized spacial score (nSPS) is 13.4. The molecule has 0 aromatic heterocycles. The number of halogens is 5. The average molecular weight is 402 g/mol. The van der Waals surface area contributed by atoms with E-state index in [1.807, 2.05) is 0 Å². The molecule has 1 unspecified atom stereocenters. The molecule has 10 heteroatoms. The van der Waals surface area contributed by atoms with Crippen molar-refractivity contribution in [2.24, 2.45) is 0 Å². The molecule has 28 heavy (non-hydrogen) atoms. The number of carbonyl (C=O) groups excluding carboxylic acids is 2. The van der Waals surface area contributed by atoms with E-state index in [4.69, 9.17) is 0 Å². The number of hydrogen-bond acceptors (Lipinski definition) is 4. The number of benzene rings is 2. The lowest BCUT2D eigenvalue weighted by atomic mass is 10.1. The maximum absolute atomic E-state index is 13.9. The number of nitrogens with one attached hydrogen (secondary N) is 2. The predicted molar refractivity (Wildman–Crippen MR) is 89.3 cm³/mol. The van der Waals surface area contributed by atoms with E-state index in [0.717, 1.165) is 0 Å². The Hall–Kier alpha value is -3.17. The van der Waals surface area contributed by atoms with Crippen LogP contribution in [0.25, 0.3) is 0 Å². The molecule has 0 aliphatic heterocycles. The predicted octanol–water partition coefficient (Wildman–Crippen LogP) is 3.63. The number of esters is 1. The number of carbonyl (C=O) groups is 2. The van der Waals surface area contributed by atoms with Gasteiger partial charge in [-0.3, -0.25) is 4.79 Å². The molecule has 2 rings (SSSR count). The molecular formula is C18H15F5N2O3. The van der Waals surface area contributed by atoms with Crippen LogP contribution in [-0.4, -0.2) is 30.3 Å². The van der Waals surface area contributed by atoms with Gasteiger partial charge in [-0.05, 0) is 31.2 Å². The maximum atomic E-state index is 13.9. The molecule has 0 bridgehead atoms. The van der Waals surface area contributed by atoms with Crippen molar-refractivity contribution < 1.29 is 36.3 Å². The first-order valence-corrected chi connectivity index (χ1v) is 7.95. The third kappa shape index (κ3) is 4.38. The molecule has 1 atom stereocenters. The third-order valence-electron chi connectivity index (χ3n) is 3.60. The highest BCUT2D eigenvalue weighted by atomic mass is 19.4. The van der Waals surface area contributed by atoms with Crippen LogP contribution in [0.5, 0.6) is 0 Å². The summed E-state index contributed by atoms with van der Waals surface area (Å²) in [6.45, 7) is 0.821. The van der Waals surface area contributed by atoms with Crippen molar-refractivity contribution in [3.8, 4) is 0 Å². The van der Waals surface area contributed by atoms with E-state index in [1.54, 1.807) is 10.6 Å². The Morgan fingerprint density at radius 1 is 1.04 bits per heavy atom. The quantitative estimate of drug-likeness (QED) is 0.440. The van der Waals surface area contributed by atoms with Crippen molar-refractivity contribution in [2.75, 3.05) is 11.9 Å². The first kappa shape index (κ1) is 21.1. The minimum absolute atomic E-state index is 0.179. The summed E-state index contributed by atoms with van der Waals surface area (Å²) in [6.07, 6.45) is -5.44. The van der Waals surface area contributed by atoms with E-state index in [9.17, 15) is 31.5 Å². The molecule has 0 saturated heterocycles. The summed E-state index contributed by atoms with van der Waals surface area (Å²) in [6, 6.07) is 8.47. The summed E-state index contributed by atoms with van der Waals surface area (Å²) < 4.78 is 73.3. The molecule has 0 fully saturated rings. The highest BCUT2D eigenvalue weighted by Gasteiger charge is 2.64. The van der Waals surface area contributed by atoms with Gasteiger partial charge in [0, 0.05) is 11.6 Å². The van der Waals surface area contributed by atoms with Gasteiger partial charge >= 0.3 is 17.8 Å². The molecule has 2 aromatic carbocycles. The first-order valence-electron chi connectivity index (χ1n) is 7.95. The molecule has 1 amide bonds. The molecule has 0 radical (unpaired) electrons. The van der Waals surface area contributed by atoms with Crippen LogP contribution >= 0.6 is 0 Å². The van der Waals surface area contributed by atoms with Crippen LogP contribution in [0.15, 0.2) is 48.5 Å². The monoisotopic (exact) mass is 402 g/mol. The number of amides is 1. The molecule has 0 aliphatic rings. The van der Waals surface area contributed by atoms with Crippen molar-refractivity contribution in [3.63, 3.8) is 0 Å². The van der Waals surface area contributed by atoms with E-state index in [0.29, 0.717) is 18.2 Å². The highest BCUT2D eigenvalue weighted by Crippen LogP contribution is 2.34. The van der Waals surface area contributed by atoms with Gasteiger partial charge < -0.3 is 15.4 Å². The smallest absolute Gasteiger partial charge is 0.441 e. The average Bonchev–Trinajstić information content (AvgIpc) is 2.63. The Morgan fingerprint density at radius 2 is 1.68 bits per heavy atom. The van der Waals surface area contributed by atoms with Crippen molar-refractivity contribution in [1.29, 1.82) is 0 Å². The Balaban J connectivity index is 2.54. The van der Waals surface area contributed by atoms with Gasteiger partial charge in [0.25, 0.3) is 5.91 Å². The van der Waals surface area contributed by atoms with Crippen LogP contribution in [-0.2, 0) is 9.53 Å². The molecule has 2 N–H and O–H groups in total. The molecule has 2 aromatic rings. The van der Waals surface area contributed by atoms with E-state index in [-0.39, 0.29) is 5.56 Å². The lowest BCUT2D eigenvalue weighted by molar-refractivity contribution is -0.204. The largest absolute Gasteiger partial charge is 0.463 e. The van der Waals surface area contributed by atoms with Crippen molar-refractivity contribution in [2.45, 2.75) is 18.8 Å². The van der Waals surface area contributed by atoms with Gasteiger partial charge in [0.2, 0.25) is 0 Å². The van der Waals surface area contributed by atoms with Crippen LogP contribution in [0, 0.1) is 11.6 Å². The Morgan fingerprint density at radius 3 is 2.21 bits per heavy atom. The standard InChI is InChI=1S/C18H15F5N2O3/c1-2-28-16(27)17(18(21,22)23,24-14-9-8-12(19)10-13(14)20)25-15(26)11-6-4-3-5-7-11/h3-10,24H,2H2,1H3,(H,25,26). The van der Waals surface area contributed by atoms with Crippen molar-refractivity contribution in [3.05, 3.63) is 65.7 Å². The fraction of sp³-hybridized carbons (Fsp3) is 0.222. The van der Waals surface area contributed by atoms with Crippen molar-refractivity contribution >= 4 is 17.6 Å². The van der Waals surface area contributed by atoms with Crippen LogP contribution in [0.3, 0.4) is 0 Å². The second kappa shape index (κ2) is 8.24. The lowest BCUT2D eigenvalue weighted by Crippen LogP contribution is -2.69. The zero-order valence-electron chi connectivity index (χ0n) is 14.4. The summed E-state index contributed by atoms with van der Waals surface area (Å²) in [4.78, 5) is 24.6. The Kier molecular flexibility index (Phi) is 6.22. The summed E-state index contributed by atoms with van der Waals surface area (Å²) in [7, 11) is 0. The van der Waals surface area contributed by atoms with Gasteiger partial charge in [-0.25, -0.2) is 13.6 Å². The van der Waals surface area contributed by atoms with Crippen LogP contribution in [0.2, 0.25) is 0 Å². The number of rotatable bonds is 6.